The van der Waals surface area contributed by atoms with Crippen molar-refractivity contribution in [2.75, 3.05) is 46.9 Å². The van der Waals surface area contributed by atoms with Gasteiger partial charge in [0.05, 0.1) is 26.9 Å². The highest BCUT2D eigenvalue weighted by molar-refractivity contribution is 14.0. The Balaban J connectivity index is 0.00000392. The normalized spacial score (nSPS) is 18.3. The summed E-state index contributed by atoms with van der Waals surface area (Å²) in [6.07, 6.45) is 1.74. The van der Waals surface area contributed by atoms with Crippen molar-refractivity contribution in [1.29, 1.82) is 0 Å². The van der Waals surface area contributed by atoms with Crippen molar-refractivity contribution in [2.24, 2.45) is 4.99 Å². The summed E-state index contributed by atoms with van der Waals surface area (Å²) < 4.78 is 10.5. The molecule has 1 saturated heterocycles. The molecule has 1 aromatic carbocycles. The van der Waals surface area contributed by atoms with Gasteiger partial charge in [-0.25, -0.2) is 0 Å². The molecule has 2 rings (SSSR count). The molecule has 0 spiro atoms. The molecule has 1 aliphatic heterocycles. The van der Waals surface area contributed by atoms with Crippen LogP contribution in [0.5, 0.6) is 11.5 Å². The van der Waals surface area contributed by atoms with E-state index in [1.54, 1.807) is 32.4 Å². The lowest BCUT2D eigenvalue weighted by atomic mass is 10.1. The maximum atomic E-state index is 10.6. The number of guanidine groups is 1. The SMILES string of the molecule is CCNC(=NCC(O)c1cc(OC)cc(OC)c1)NCC1CCCN1CC.I. The number of rotatable bonds is 9. The Kier molecular flexibility index (Phi) is 11.6. The number of aliphatic hydroxyl groups is 1. The van der Waals surface area contributed by atoms with E-state index in [0.717, 1.165) is 31.2 Å². The van der Waals surface area contributed by atoms with Crippen molar-refractivity contribution < 1.29 is 14.6 Å². The molecule has 2 unspecified atom stereocenters. The second-order valence-corrected chi connectivity index (χ2v) is 6.69. The van der Waals surface area contributed by atoms with Crippen molar-refractivity contribution in [3.05, 3.63) is 23.8 Å². The lowest BCUT2D eigenvalue weighted by Gasteiger charge is -2.24. The Morgan fingerprint density at radius 1 is 1.21 bits per heavy atom. The first-order valence-electron chi connectivity index (χ1n) is 9.78. The summed E-state index contributed by atoms with van der Waals surface area (Å²) in [4.78, 5) is 7.05. The standard InChI is InChI=1S/C20H34N4O3.HI/c1-5-21-20(22-13-16-8-7-9-24(16)6-2)23-14-19(25)15-10-17(26-3)12-18(11-15)27-4;/h10-12,16,19,25H,5-9,13-14H2,1-4H3,(H2,21,22,23);1H. The zero-order valence-electron chi connectivity index (χ0n) is 17.4. The topological polar surface area (TPSA) is 78.4 Å². The van der Waals surface area contributed by atoms with Crippen molar-refractivity contribution in [1.82, 2.24) is 15.5 Å². The predicted molar refractivity (Wildman–Crippen MR) is 124 cm³/mol. The van der Waals surface area contributed by atoms with Gasteiger partial charge < -0.3 is 25.2 Å². The summed E-state index contributed by atoms with van der Waals surface area (Å²) in [6.45, 7) is 8.39. The highest BCUT2D eigenvalue weighted by atomic mass is 127. The molecule has 1 heterocycles. The van der Waals surface area contributed by atoms with Crippen LogP contribution in [0.3, 0.4) is 0 Å². The number of ether oxygens (including phenoxy) is 2. The summed E-state index contributed by atoms with van der Waals surface area (Å²) in [6, 6.07) is 5.94. The number of likely N-dealkylation sites (tertiary alicyclic amines) is 1. The lowest BCUT2D eigenvalue weighted by Crippen LogP contribution is -2.45. The minimum Gasteiger partial charge on any atom is -0.497 e. The first-order valence-corrected chi connectivity index (χ1v) is 9.78. The molecule has 8 heteroatoms. The second kappa shape index (κ2) is 13.1. The van der Waals surface area contributed by atoms with Gasteiger partial charge in [-0.2, -0.15) is 0 Å². The van der Waals surface area contributed by atoms with Gasteiger partial charge in [0.25, 0.3) is 0 Å². The molecule has 1 fully saturated rings. The van der Waals surface area contributed by atoms with Gasteiger partial charge in [-0.15, -0.1) is 24.0 Å². The molecule has 1 aliphatic rings. The zero-order valence-corrected chi connectivity index (χ0v) is 19.7. The minimum absolute atomic E-state index is 0. The van der Waals surface area contributed by atoms with E-state index < -0.39 is 6.10 Å². The van der Waals surface area contributed by atoms with Crippen molar-refractivity contribution >= 4 is 29.9 Å². The maximum absolute atomic E-state index is 10.6. The summed E-state index contributed by atoms with van der Waals surface area (Å²) in [7, 11) is 3.19. The number of halogens is 1. The Bertz CT molecular complexity index is 593. The fourth-order valence-corrected chi connectivity index (χ4v) is 3.40. The third-order valence-electron chi connectivity index (χ3n) is 4.94. The highest BCUT2D eigenvalue weighted by Gasteiger charge is 2.22. The van der Waals surface area contributed by atoms with Crippen LogP contribution in [0.15, 0.2) is 23.2 Å². The van der Waals surface area contributed by atoms with Crippen LogP contribution < -0.4 is 20.1 Å². The van der Waals surface area contributed by atoms with Crippen molar-refractivity contribution in [3.8, 4) is 11.5 Å². The Morgan fingerprint density at radius 2 is 1.89 bits per heavy atom. The molecule has 2 atom stereocenters. The second-order valence-electron chi connectivity index (χ2n) is 6.69. The number of methoxy groups -OCH3 is 2. The van der Waals surface area contributed by atoms with E-state index in [4.69, 9.17) is 9.47 Å². The molecule has 0 aromatic heterocycles. The number of aliphatic imine (C=N–C) groups is 1. The van der Waals surface area contributed by atoms with Crippen LogP contribution >= 0.6 is 24.0 Å². The van der Waals surface area contributed by atoms with E-state index in [1.165, 1.54) is 19.4 Å². The van der Waals surface area contributed by atoms with Gasteiger partial charge >= 0.3 is 0 Å². The summed E-state index contributed by atoms with van der Waals surface area (Å²) >= 11 is 0. The van der Waals surface area contributed by atoms with Crippen LogP contribution in [0.1, 0.15) is 38.4 Å². The third-order valence-corrected chi connectivity index (χ3v) is 4.94. The number of nitrogens with zero attached hydrogens (tertiary/aromatic N) is 2. The average Bonchev–Trinajstić information content (AvgIpc) is 3.16. The Labute approximate surface area is 185 Å². The van der Waals surface area contributed by atoms with Gasteiger partial charge in [0.15, 0.2) is 5.96 Å². The smallest absolute Gasteiger partial charge is 0.191 e. The van der Waals surface area contributed by atoms with Crippen LogP contribution in [-0.2, 0) is 0 Å². The number of hydrogen-bond acceptors (Lipinski definition) is 5. The molecular weight excluding hydrogens is 471 g/mol. The average molecular weight is 506 g/mol. The Morgan fingerprint density at radius 3 is 2.46 bits per heavy atom. The molecule has 0 radical (unpaired) electrons. The summed E-state index contributed by atoms with van der Waals surface area (Å²) in [5.74, 6) is 2.03. The van der Waals surface area contributed by atoms with E-state index in [-0.39, 0.29) is 30.5 Å². The van der Waals surface area contributed by atoms with E-state index >= 15 is 0 Å². The van der Waals surface area contributed by atoms with E-state index in [0.29, 0.717) is 17.5 Å². The van der Waals surface area contributed by atoms with Gasteiger partial charge in [0, 0.05) is 25.2 Å². The van der Waals surface area contributed by atoms with Gasteiger partial charge in [0.1, 0.15) is 11.5 Å². The van der Waals surface area contributed by atoms with E-state index in [2.05, 4.69) is 27.4 Å². The number of hydrogen-bond donors (Lipinski definition) is 3. The van der Waals surface area contributed by atoms with E-state index in [1.807, 2.05) is 6.92 Å². The van der Waals surface area contributed by atoms with Crippen LogP contribution in [0, 0.1) is 0 Å². The Hall–Kier alpha value is -1.26. The summed E-state index contributed by atoms with van der Waals surface area (Å²) in [5, 5.41) is 17.2. The molecule has 0 saturated carbocycles. The molecule has 3 N–H and O–H groups in total. The monoisotopic (exact) mass is 506 g/mol. The molecular formula is C20H35IN4O3. The molecule has 28 heavy (non-hydrogen) atoms. The number of nitrogens with one attached hydrogen (secondary N) is 2. The van der Waals surface area contributed by atoms with Crippen LogP contribution in [0.2, 0.25) is 0 Å². The molecule has 160 valence electrons. The molecule has 0 amide bonds. The molecule has 0 bridgehead atoms. The van der Waals surface area contributed by atoms with Gasteiger partial charge in [-0.3, -0.25) is 9.89 Å². The van der Waals surface area contributed by atoms with Crippen LogP contribution in [0.4, 0.5) is 0 Å². The van der Waals surface area contributed by atoms with Crippen molar-refractivity contribution in [2.45, 2.75) is 38.8 Å². The number of aliphatic hydroxyl groups excluding tert-OH is 1. The predicted octanol–water partition coefficient (Wildman–Crippen LogP) is 2.39. The first-order chi connectivity index (χ1) is 13.1. The van der Waals surface area contributed by atoms with Crippen LogP contribution in [0.25, 0.3) is 0 Å². The maximum Gasteiger partial charge on any atom is 0.191 e. The summed E-state index contributed by atoms with van der Waals surface area (Å²) in [5.41, 5.74) is 0.721. The van der Waals surface area contributed by atoms with Crippen molar-refractivity contribution in [3.63, 3.8) is 0 Å². The fourth-order valence-electron chi connectivity index (χ4n) is 3.40. The largest absolute Gasteiger partial charge is 0.497 e. The van der Waals surface area contributed by atoms with E-state index in [9.17, 15) is 5.11 Å². The fraction of sp³-hybridized carbons (Fsp3) is 0.650. The van der Waals surface area contributed by atoms with Gasteiger partial charge in [-0.1, -0.05) is 6.92 Å². The highest BCUT2D eigenvalue weighted by Crippen LogP contribution is 2.26. The third kappa shape index (κ3) is 7.29. The first kappa shape index (κ1) is 24.8. The molecule has 1 aromatic rings. The minimum atomic E-state index is -0.733. The number of benzene rings is 1. The molecule has 0 aliphatic carbocycles. The molecule has 7 nitrogen and oxygen atoms in total. The van der Waals surface area contributed by atoms with Gasteiger partial charge in [0.2, 0.25) is 0 Å². The van der Waals surface area contributed by atoms with Crippen LogP contribution in [-0.4, -0.2) is 69.0 Å². The quantitative estimate of drug-likeness (QED) is 0.271. The number of likely N-dealkylation sites (N-methyl/N-ethyl adjacent to an activating group) is 1. The van der Waals surface area contributed by atoms with Gasteiger partial charge in [-0.05, 0) is 50.6 Å². The zero-order chi connectivity index (χ0) is 19.6. The lowest BCUT2D eigenvalue weighted by molar-refractivity contribution is 0.186.